The van der Waals surface area contributed by atoms with Gasteiger partial charge in [-0.2, -0.15) is 0 Å². The smallest absolute Gasteiger partial charge is 0.0619 e. The number of nitrogens with zero attached hydrogens (tertiary/aromatic N) is 4. The van der Waals surface area contributed by atoms with Crippen LogP contribution in [-0.2, 0) is 5.41 Å². The molecule has 0 radical (unpaired) electrons. The first-order valence-corrected chi connectivity index (χ1v) is 42.7. The van der Waals surface area contributed by atoms with Crippen molar-refractivity contribution in [2.24, 2.45) is 0 Å². The molecule has 0 spiro atoms. The number of hydrogen-bond donors (Lipinski definition) is 0. The third kappa shape index (κ3) is 14.4. The van der Waals surface area contributed by atoms with Crippen LogP contribution in [0.15, 0.2) is 449 Å². The molecule has 588 valence electrons. The van der Waals surface area contributed by atoms with Crippen LogP contribution >= 0.6 is 0 Å². The third-order valence-electron chi connectivity index (χ3n) is 25.0. The van der Waals surface area contributed by atoms with Crippen LogP contribution in [0.25, 0.3) is 145 Å². The Kier molecular flexibility index (Phi) is 20.3. The molecule has 21 rings (SSSR count). The van der Waals surface area contributed by atoms with Gasteiger partial charge in [0.1, 0.15) is 0 Å². The normalized spacial score (nSPS) is 11.9. The summed E-state index contributed by atoms with van der Waals surface area (Å²) in [5.41, 5.74) is 43.4. The molecule has 4 nitrogen and oxygen atoms in total. The van der Waals surface area contributed by atoms with E-state index in [1.54, 1.807) is 0 Å². The van der Waals surface area contributed by atoms with Crippen LogP contribution in [0, 0.1) is 27.7 Å². The van der Waals surface area contributed by atoms with Crippen LogP contribution in [0.4, 0.5) is 34.1 Å². The zero-order valence-electron chi connectivity index (χ0n) is 70.0. The molecule has 20 aromatic rings. The summed E-state index contributed by atoms with van der Waals surface area (Å²) in [5, 5.41) is 2.48. The van der Waals surface area contributed by atoms with Gasteiger partial charge in [0.05, 0.1) is 22.4 Å². The maximum absolute atomic E-state index is 2.48. The Balaban J connectivity index is 0.000000156. The van der Waals surface area contributed by atoms with E-state index in [1.807, 2.05) is 0 Å². The highest BCUT2D eigenvalue weighted by Gasteiger charge is 2.37. The van der Waals surface area contributed by atoms with Gasteiger partial charge in [-0.3, -0.25) is 0 Å². The van der Waals surface area contributed by atoms with Crippen molar-refractivity contribution in [1.82, 2.24) is 9.13 Å². The van der Waals surface area contributed by atoms with Crippen molar-refractivity contribution in [2.75, 3.05) is 9.80 Å². The van der Waals surface area contributed by atoms with Crippen molar-refractivity contribution >= 4 is 55.9 Å². The Labute approximate surface area is 722 Å². The molecule has 0 amide bonds. The number of para-hydroxylation sites is 2. The zero-order chi connectivity index (χ0) is 83.1. The standard InChI is InChI=1S/C60H48N2.C59H44N2/c1-41-17-11-13-23-53(41)55-37-35-51(39-43(55)3)61(52-36-38-56(44(4)40-52)54-24-14-12-18-42(54)2)49-31-27-45(28-32-49)46-29-33-50(34-30-46)62-58-26-16-15-25-57(58)59(47-19-7-5-8-20-47)60(62)48-21-9-6-10-22-48;1-59(2)54-39-49(60(47-31-27-43(28-32-47)41-17-7-3-8-18-41)48-33-29-44(30-34-48)42-19-9-4-10-20-42)35-37-51(54)52-38-36-50(40-55(52)59)61-56-26-16-15-25-53(56)57(45-21-11-5-12-22-45)58(61)46-23-13-6-14-24-46/h5-40H,1-4H3;3-40H,1-2H3. The first-order valence-electron chi connectivity index (χ1n) is 42.7. The van der Waals surface area contributed by atoms with Crippen molar-refractivity contribution in [3.63, 3.8) is 0 Å². The van der Waals surface area contributed by atoms with E-state index in [9.17, 15) is 0 Å². The van der Waals surface area contributed by atoms with Gasteiger partial charge in [0.25, 0.3) is 0 Å². The van der Waals surface area contributed by atoms with Crippen molar-refractivity contribution < 1.29 is 0 Å². The maximum atomic E-state index is 2.48. The molecule has 2 aromatic heterocycles. The molecule has 0 fully saturated rings. The fourth-order valence-corrected chi connectivity index (χ4v) is 18.8. The molecule has 18 aromatic carbocycles. The minimum absolute atomic E-state index is 0.255. The van der Waals surface area contributed by atoms with Gasteiger partial charge in [0.15, 0.2) is 0 Å². The number of hydrogen-bond acceptors (Lipinski definition) is 2. The Hall–Kier alpha value is -15.4. The Morgan fingerprint density at radius 2 is 0.463 bits per heavy atom. The van der Waals surface area contributed by atoms with Gasteiger partial charge in [-0.15, -0.1) is 0 Å². The number of aromatic nitrogens is 2. The lowest BCUT2D eigenvalue weighted by atomic mass is 9.82. The first kappa shape index (κ1) is 76.3. The van der Waals surface area contributed by atoms with E-state index >= 15 is 0 Å². The van der Waals surface area contributed by atoms with Crippen LogP contribution in [0.5, 0.6) is 0 Å². The molecule has 0 saturated heterocycles. The average Bonchev–Trinajstić information content (AvgIpc) is 1.56. The van der Waals surface area contributed by atoms with Crippen molar-refractivity contribution in [3.8, 4) is 123 Å². The van der Waals surface area contributed by atoms with Crippen LogP contribution in [-0.4, -0.2) is 9.13 Å². The lowest BCUT2D eigenvalue weighted by Crippen LogP contribution is -2.17. The summed E-state index contributed by atoms with van der Waals surface area (Å²) in [6, 6.07) is 163. The van der Waals surface area contributed by atoms with Gasteiger partial charge >= 0.3 is 0 Å². The van der Waals surface area contributed by atoms with Crippen molar-refractivity contribution in [1.29, 1.82) is 0 Å². The minimum atomic E-state index is -0.255. The second-order valence-corrected chi connectivity index (χ2v) is 32.9. The molecule has 1 aliphatic rings. The maximum Gasteiger partial charge on any atom is 0.0619 e. The monoisotopic (exact) mass is 1580 g/mol. The molecule has 1 aliphatic carbocycles. The van der Waals surface area contributed by atoms with Crippen molar-refractivity contribution in [2.45, 2.75) is 47.0 Å². The largest absolute Gasteiger partial charge is 0.310 e. The molecule has 0 unspecified atom stereocenters. The molecule has 0 bridgehead atoms. The summed E-state index contributed by atoms with van der Waals surface area (Å²) < 4.78 is 4.91. The van der Waals surface area contributed by atoms with E-state index in [-0.39, 0.29) is 5.41 Å². The Morgan fingerprint density at radius 1 is 0.195 bits per heavy atom. The number of anilines is 6. The molecule has 2 heterocycles. The summed E-state index contributed by atoms with van der Waals surface area (Å²) in [4.78, 5) is 4.79. The van der Waals surface area contributed by atoms with Gasteiger partial charge in [-0.05, 0) is 259 Å². The predicted molar refractivity (Wildman–Crippen MR) is 521 cm³/mol. The highest BCUT2D eigenvalue weighted by atomic mass is 15.1. The summed E-state index contributed by atoms with van der Waals surface area (Å²) in [6.07, 6.45) is 0. The number of fused-ring (bicyclic) bond motifs is 5. The van der Waals surface area contributed by atoms with E-state index in [0.717, 1.165) is 45.5 Å². The second kappa shape index (κ2) is 32.7. The second-order valence-electron chi connectivity index (χ2n) is 32.9. The molecule has 0 aliphatic heterocycles. The summed E-state index contributed by atoms with van der Waals surface area (Å²) >= 11 is 0. The van der Waals surface area contributed by atoms with Crippen LogP contribution in [0.3, 0.4) is 0 Å². The van der Waals surface area contributed by atoms with E-state index in [2.05, 4.69) is 509 Å². The summed E-state index contributed by atoms with van der Waals surface area (Å²) in [5.74, 6) is 0. The fraction of sp³-hybridized carbons (Fsp3) is 0.0588. The Bertz CT molecular complexity index is 7050. The van der Waals surface area contributed by atoms with Crippen LogP contribution < -0.4 is 9.80 Å². The van der Waals surface area contributed by atoms with Crippen LogP contribution in [0.1, 0.15) is 47.2 Å². The molecule has 0 atom stereocenters. The Morgan fingerprint density at radius 3 is 0.854 bits per heavy atom. The average molecular weight is 1580 g/mol. The van der Waals surface area contributed by atoms with Gasteiger partial charge in [0, 0.05) is 72.8 Å². The topological polar surface area (TPSA) is 16.3 Å². The molecule has 0 N–H and O–H groups in total. The quantitative estimate of drug-likeness (QED) is 0.0903. The highest BCUT2D eigenvalue weighted by Crippen LogP contribution is 2.54. The molecule has 0 saturated carbocycles. The van der Waals surface area contributed by atoms with E-state index in [1.165, 1.54) is 167 Å². The highest BCUT2D eigenvalue weighted by molar-refractivity contribution is 6.08. The summed E-state index contributed by atoms with van der Waals surface area (Å²) in [6.45, 7) is 13.6. The van der Waals surface area contributed by atoms with Crippen molar-refractivity contribution in [3.05, 3.63) is 482 Å². The molecular formula is C119H92N4. The molecule has 4 heteroatoms. The van der Waals surface area contributed by atoms with E-state index < -0.39 is 0 Å². The van der Waals surface area contributed by atoms with Gasteiger partial charge < -0.3 is 18.9 Å². The zero-order valence-corrected chi connectivity index (χ0v) is 70.0. The molecular weight excluding hydrogens is 1490 g/mol. The number of benzene rings is 18. The van der Waals surface area contributed by atoms with Gasteiger partial charge in [-0.1, -0.05) is 354 Å². The lowest BCUT2D eigenvalue weighted by Gasteiger charge is -2.28. The van der Waals surface area contributed by atoms with E-state index in [4.69, 9.17) is 0 Å². The summed E-state index contributed by atoms with van der Waals surface area (Å²) in [7, 11) is 0. The first-order chi connectivity index (χ1) is 60.4. The SMILES string of the molecule is CC1(C)c2cc(N(c3ccc(-c4ccccc4)cc3)c3ccc(-c4ccccc4)cc3)ccc2-c2ccc(-n3c(-c4ccccc4)c(-c4ccccc4)c4ccccc43)cc21.Cc1ccccc1-c1ccc(N(c2ccc(-c3ccc(-n4c(-c5ccccc5)c(-c5ccccc5)c5ccccc54)cc3)cc2)c2ccc(-c3ccccc3C)c(C)c2)cc1C. The molecule has 123 heavy (non-hydrogen) atoms. The fourth-order valence-electron chi connectivity index (χ4n) is 18.8. The predicted octanol–water partition coefficient (Wildman–Crippen LogP) is 32.7. The van der Waals surface area contributed by atoms with Gasteiger partial charge in [-0.25, -0.2) is 0 Å². The van der Waals surface area contributed by atoms with E-state index in [0.29, 0.717) is 0 Å². The van der Waals surface area contributed by atoms with Crippen LogP contribution in [0.2, 0.25) is 0 Å². The third-order valence-corrected chi connectivity index (χ3v) is 25.0. The minimum Gasteiger partial charge on any atom is -0.310 e. The number of rotatable bonds is 17. The number of aryl methyl sites for hydroxylation is 4. The lowest BCUT2D eigenvalue weighted by molar-refractivity contribution is 0.660. The van der Waals surface area contributed by atoms with Gasteiger partial charge in [0.2, 0.25) is 0 Å².